The molecule has 0 fully saturated rings. The summed E-state index contributed by atoms with van der Waals surface area (Å²) in [6, 6.07) is 34.8. The zero-order valence-electron chi connectivity index (χ0n) is 23.4. The van der Waals surface area contributed by atoms with E-state index in [-0.39, 0.29) is 0 Å². The molecule has 0 bridgehead atoms. The SMILES string of the molecule is Cc1cc(-n2c(-c3coc4cc5cc(CC(C)C)ccc5cc34)nc3ccccc32)cc(C)c1-c1ccccc1. The van der Waals surface area contributed by atoms with Gasteiger partial charge in [-0.25, -0.2) is 4.98 Å². The molecule has 7 aromatic rings. The number of furan rings is 1. The van der Waals surface area contributed by atoms with Gasteiger partial charge in [-0.05, 0) is 101 Å². The minimum absolute atomic E-state index is 0.624. The first-order valence-corrected chi connectivity index (χ1v) is 14.0. The molecule has 0 saturated carbocycles. The first kappa shape index (κ1) is 24.4. The quantitative estimate of drug-likeness (QED) is 0.226. The third kappa shape index (κ3) is 4.10. The second-order valence-corrected chi connectivity index (χ2v) is 11.4. The normalized spacial score (nSPS) is 11.8. The average molecular weight is 521 g/mol. The Morgan fingerprint density at radius 1 is 0.775 bits per heavy atom. The van der Waals surface area contributed by atoms with Gasteiger partial charge in [-0.1, -0.05) is 74.5 Å². The van der Waals surface area contributed by atoms with Gasteiger partial charge in [-0.3, -0.25) is 4.57 Å². The lowest BCUT2D eigenvalue weighted by atomic mass is 9.95. The number of fused-ring (bicyclic) bond motifs is 3. The maximum absolute atomic E-state index is 6.19. The summed E-state index contributed by atoms with van der Waals surface area (Å²) in [5, 5.41) is 3.50. The van der Waals surface area contributed by atoms with E-state index in [9.17, 15) is 0 Å². The highest BCUT2D eigenvalue weighted by Crippen LogP contribution is 2.38. The van der Waals surface area contributed by atoms with Gasteiger partial charge in [0, 0.05) is 11.1 Å². The molecule has 7 rings (SSSR count). The standard InChI is InChI=1S/C37H32N2O/c1-23(2)16-26-14-15-28-20-31-32(22-40-35(31)21-29(28)19-26)37-38-33-12-8-9-13-34(33)39(37)30-17-24(3)36(25(4)18-30)27-10-6-5-7-11-27/h5-15,17-23H,16H2,1-4H3. The Morgan fingerprint density at radius 2 is 1.52 bits per heavy atom. The number of aromatic nitrogens is 2. The van der Waals surface area contributed by atoms with Crippen molar-refractivity contribution in [2.75, 3.05) is 0 Å². The molecule has 2 heterocycles. The van der Waals surface area contributed by atoms with E-state index >= 15 is 0 Å². The van der Waals surface area contributed by atoms with E-state index in [1.807, 2.05) is 12.3 Å². The molecule has 0 aliphatic rings. The van der Waals surface area contributed by atoms with Crippen molar-refractivity contribution < 1.29 is 4.42 Å². The Balaban J connectivity index is 1.42. The van der Waals surface area contributed by atoms with Gasteiger partial charge >= 0.3 is 0 Å². The van der Waals surface area contributed by atoms with E-state index in [4.69, 9.17) is 9.40 Å². The number of aryl methyl sites for hydroxylation is 2. The van der Waals surface area contributed by atoms with E-state index in [1.165, 1.54) is 38.6 Å². The number of rotatable bonds is 5. The zero-order valence-corrected chi connectivity index (χ0v) is 23.4. The molecule has 0 amide bonds. The van der Waals surface area contributed by atoms with Crippen LogP contribution in [0.25, 0.3) is 61.0 Å². The van der Waals surface area contributed by atoms with Gasteiger partial charge in [0.1, 0.15) is 17.7 Å². The number of nitrogens with zero attached hydrogens (tertiary/aromatic N) is 2. The van der Waals surface area contributed by atoms with Crippen LogP contribution in [0.4, 0.5) is 0 Å². The van der Waals surface area contributed by atoms with E-state index in [1.54, 1.807) is 0 Å². The fraction of sp³-hybridized carbons (Fsp3) is 0.162. The van der Waals surface area contributed by atoms with Gasteiger partial charge in [0.25, 0.3) is 0 Å². The van der Waals surface area contributed by atoms with E-state index < -0.39 is 0 Å². The Kier molecular flexibility index (Phi) is 5.82. The monoisotopic (exact) mass is 520 g/mol. The van der Waals surface area contributed by atoms with Crippen LogP contribution in [0, 0.1) is 19.8 Å². The molecule has 0 unspecified atom stereocenters. The number of para-hydroxylation sites is 2. The summed E-state index contributed by atoms with van der Waals surface area (Å²) in [7, 11) is 0. The van der Waals surface area contributed by atoms with Crippen LogP contribution >= 0.6 is 0 Å². The van der Waals surface area contributed by atoms with Crippen molar-refractivity contribution in [2.24, 2.45) is 5.92 Å². The minimum Gasteiger partial charge on any atom is -0.464 e. The third-order valence-corrected chi connectivity index (χ3v) is 7.88. The maximum Gasteiger partial charge on any atom is 0.149 e. The number of imidazole rings is 1. The molecule has 40 heavy (non-hydrogen) atoms. The summed E-state index contributed by atoms with van der Waals surface area (Å²) < 4.78 is 8.47. The van der Waals surface area contributed by atoms with Crippen molar-refractivity contribution in [3.8, 4) is 28.2 Å². The average Bonchev–Trinajstić information content (AvgIpc) is 3.52. The molecule has 3 nitrogen and oxygen atoms in total. The summed E-state index contributed by atoms with van der Waals surface area (Å²) in [4.78, 5) is 5.15. The summed E-state index contributed by atoms with van der Waals surface area (Å²) in [5.74, 6) is 1.51. The van der Waals surface area contributed by atoms with Crippen molar-refractivity contribution >= 4 is 32.8 Å². The lowest BCUT2D eigenvalue weighted by molar-refractivity contribution is 0.617. The predicted octanol–water partition coefficient (Wildman–Crippen LogP) is 10.1. The summed E-state index contributed by atoms with van der Waals surface area (Å²) >= 11 is 0. The van der Waals surface area contributed by atoms with Gasteiger partial charge in [0.15, 0.2) is 0 Å². The van der Waals surface area contributed by atoms with Crippen LogP contribution in [0.3, 0.4) is 0 Å². The predicted molar refractivity (Wildman–Crippen MR) is 167 cm³/mol. The van der Waals surface area contributed by atoms with Crippen molar-refractivity contribution in [3.05, 3.63) is 120 Å². The van der Waals surface area contributed by atoms with Gasteiger partial charge in [-0.15, -0.1) is 0 Å². The van der Waals surface area contributed by atoms with Crippen LogP contribution in [0.2, 0.25) is 0 Å². The highest BCUT2D eigenvalue weighted by Gasteiger charge is 2.20. The molecule has 5 aromatic carbocycles. The molecule has 0 saturated heterocycles. The maximum atomic E-state index is 6.19. The lowest BCUT2D eigenvalue weighted by Crippen LogP contribution is -2.00. The summed E-state index contributed by atoms with van der Waals surface area (Å²) in [6.45, 7) is 8.92. The molecule has 0 radical (unpaired) electrons. The molecule has 0 atom stereocenters. The van der Waals surface area contributed by atoms with E-state index in [0.717, 1.165) is 45.5 Å². The number of hydrogen-bond acceptors (Lipinski definition) is 2. The summed E-state index contributed by atoms with van der Waals surface area (Å²) in [6.07, 6.45) is 2.94. The summed E-state index contributed by atoms with van der Waals surface area (Å²) in [5.41, 5.74) is 11.4. The second kappa shape index (κ2) is 9.53. The van der Waals surface area contributed by atoms with Crippen molar-refractivity contribution in [1.82, 2.24) is 9.55 Å². The first-order chi connectivity index (χ1) is 19.5. The Bertz CT molecular complexity index is 2000. The smallest absolute Gasteiger partial charge is 0.149 e. The Morgan fingerprint density at radius 3 is 2.30 bits per heavy atom. The molecular formula is C37H32N2O. The third-order valence-electron chi connectivity index (χ3n) is 7.88. The fourth-order valence-electron chi connectivity index (χ4n) is 6.19. The second-order valence-electron chi connectivity index (χ2n) is 11.4. The highest BCUT2D eigenvalue weighted by molar-refractivity contribution is 6.03. The van der Waals surface area contributed by atoms with E-state index in [2.05, 4.69) is 123 Å². The molecule has 0 aliphatic carbocycles. The van der Waals surface area contributed by atoms with Gasteiger partial charge in [0.2, 0.25) is 0 Å². The topological polar surface area (TPSA) is 31.0 Å². The van der Waals surface area contributed by atoms with Crippen LogP contribution in [0.5, 0.6) is 0 Å². The molecule has 2 aromatic heterocycles. The minimum atomic E-state index is 0.624. The first-order valence-electron chi connectivity index (χ1n) is 14.0. The molecule has 0 N–H and O–H groups in total. The van der Waals surface area contributed by atoms with Crippen LogP contribution in [0.15, 0.2) is 108 Å². The van der Waals surface area contributed by atoms with E-state index in [0.29, 0.717) is 5.92 Å². The Labute approximate surface area is 234 Å². The van der Waals surface area contributed by atoms with Gasteiger partial charge < -0.3 is 4.42 Å². The largest absolute Gasteiger partial charge is 0.464 e. The number of hydrogen-bond donors (Lipinski definition) is 0. The molecular weight excluding hydrogens is 488 g/mol. The van der Waals surface area contributed by atoms with Crippen LogP contribution in [0.1, 0.15) is 30.5 Å². The van der Waals surface area contributed by atoms with Crippen LogP contribution in [-0.4, -0.2) is 9.55 Å². The highest BCUT2D eigenvalue weighted by atomic mass is 16.3. The van der Waals surface area contributed by atoms with Crippen LogP contribution in [-0.2, 0) is 6.42 Å². The molecule has 0 aliphatic heterocycles. The van der Waals surface area contributed by atoms with Crippen molar-refractivity contribution in [1.29, 1.82) is 0 Å². The molecule has 3 heteroatoms. The van der Waals surface area contributed by atoms with Gasteiger partial charge in [-0.2, -0.15) is 0 Å². The molecule has 0 spiro atoms. The zero-order chi connectivity index (χ0) is 27.4. The lowest BCUT2D eigenvalue weighted by Gasteiger charge is -2.16. The van der Waals surface area contributed by atoms with Crippen LogP contribution < -0.4 is 0 Å². The van der Waals surface area contributed by atoms with Crippen molar-refractivity contribution in [2.45, 2.75) is 34.1 Å². The number of benzene rings is 5. The Hall–Kier alpha value is -4.63. The molecule has 196 valence electrons. The van der Waals surface area contributed by atoms with Crippen molar-refractivity contribution in [3.63, 3.8) is 0 Å². The fourth-order valence-corrected chi connectivity index (χ4v) is 6.19. The van der Waals surface area contributed by atoms with Gasteiger partial charge in [0.05, 0.1) is 16.6 Å².